The molecule has 76 heavy (non-hydrogen) atoms. The number of carboxylic acids is 1. The van der Waals surface area contributed by atoms with Crippen molar-refractivity contribution >= 4 is 44.7 Å². The lowest BCUT2D eigenvalue weighted by Gasteiger charge is -2.27. The van der Waals surface area contributed by atoms with E-state index in [9.17, 15) is 53.4 Å². The monoisotopic (exact) mass is 1110 g/mol. The first-order chi connectivity index (χ1) is 36.5. The fraction of sp³-hybridized carbons (Fsp3) is 0.490. The number of nitrogen functional groups attached to an aromatic ring is 1. The van der Waals surface area contributed by atoms with Crippen molar-refractivity contribution in [1.29, 1.82) is 0 Å². The summed E-state index contributed by atoms with van der Waals surface area (Å²) in [6.45, 7) is 1.51. The lowest BCUT2D eigenvalue weighted by Crippen LogP contribution is -2.28. The van der Waals surface area contributed by atoms with Crippen LogP contribution in [0.4, 0.5) is 5.82 Å². The van der Waals surface area contributed by atoms with Gasteiger partial charge in [-0.05, 0) is 101 Å². The Bertz CT molecular complexity index is 2710. The number of phenolic OH excluding ortho intramolecular Hbond substituents is 1. The first-order valence-corrected chi connectivity index (χ1v) is 27.5. The number of aromatic nitrogens is 2. The van der Waals surface area contributed by atoms with Crippen LogP contribution in [0.1, 0.15) is 75.7 Å². The number of phosphoric ester groups is 2. The Hall–Kier alpha value is -5.31. The van der Waals surface area contributed by atoms with Gasteiger partial charge in [0.2, 0.25) is 0 Å². The van der Waals surface area contributed by atoms with Gasteiger partial charge in [0.15, 0.2) is 5.78 Å². The Kier molecular flexibility index (Phi) is 23.7. The number of aromatic hydroxyl groups is 1. The molecule has 6 rings (SSSR count). The first-order valence-electron chi connectivity index (χ1n) is 24.5. The summed E-state index contributed by atoms with van der Waals surface area (Å²) in [7, 11) is -8.78. The SMILES string of the molecule is Nc1ccn([C@H]2CC(O)[C@@H](COP(=O)(O)OCCOCCOCCOCCOCCOCCOP(=O)(O)OCCCCCCNC(=O)c3ccc(C(=O)O)c(C4=C5C=CC(=O)C=C5Cc5cc(O)ccc54)c3)O2)c(=O)n1. The number of phosphoric acid groups is 2. The van der Waals surface area contributed by atoms with E-state index >= 15 is 0 Å². The highest BCUT2D eigenvalue weighted by Gasteiger charge is 2.38. The number of fused-ring (bicyclic) bond motifs is 2. The van der Waals surface area contributed by atoms with Crippen LogP contribution in [-0.4, -0.2) is 164 Å². The summed E-state index contributed by atoms with van der Waals surface area (Å²) in [4.78, 5) is 73.5. The number of amides is 1. The van der Waals surface area contributed by atoms with Crippen LogP contribution in [0.2, 0.25) is 0 Å². The predicted molar refractivity (Wildman–Crippen MR) is 269 cm³/mol. The summed E-state index contributed by atoms with van der Waals surface area (Å²) in [5.41, 5.74) is 8.65. The summed E-state index contributed by atoms with van der Waals surface area (Å²) >= 11 is 0. The normalized spacial score (nSPS) is 18.7. The van der Waals surface area contributed by atoms with E-state index in [1.165, 1.54) is 48.7 Å². The largest absolute Gasteiger partial charge is 0.508 e. The molecule has 1 aromatic heterocycles. The molecular weight excluding hydrogens is 1040 g/mol. The van der Waals surface area contributed by atoms with Gasteiger partial charge in [-0.15, -0.1) is 0 Å². The van der Waals surface area contributed by atoms with Crippen LogP contribution in [0.25, 0.3) is 5.57 Å². The van der Waals surface area contributed by atoms with Crippen LogP contribution in [0, 0.1) is 0 Å². The third-order valence-corrected chi connectivity index (χ3v) is 13.7. The average Bonchev–Trinajstić information content (AvgIpc) is 3.76. The minimum Gasteiger partial charge on any atom is -0.508 e. The minimum absolute atomic E-state index is 0.0183. The van der Waals surface area contributed by atoms with Crippen molar-refractivity contribution in [3.05, 3.63) is 116 Å². The summed E-state index contributed by atoms with van der Waals surface area (Å²) in [6, 6.07) is 10.5. The number of allylic oxidation sites excluding steroid dienone is 5. The molecular formula is C49H64N4O21P2. The number of ketones is 1. The van der Waals surface area contributed by atoms with Crippen LogP contribution < -0.4 is 16.7 Å². The zero-order valence-electron chi connectivity index (χ0n) is 41.6. The van der Waals surface area contributed by atoms with E-state index in [0.717, 1.165) is 4.57 Å². The quantitative estimate of drug-likeness (QED) is 0.0326. The van der Waals surface area contributed by atoms with Gasteiger partial charge in [-0.2, -0.15) is 4.98 Å². The zero-order chi connectivity index (χ0) is 54.5. The molecule has 3 unspecified atom stereocenters. The highest BCUT2D eigenvalue weighted by Crippen LogP contribution is 2.45. The number of aliphatic hydroxyl groups excluding tert-OH is 1. The van der Waals surface area contributed by atoms with Crippen molar-refractivity contribution in [2.75, 3.05) is 105 Å². The van der Waals surface area contributed by atoms with Gasteiger partial charge in [-0.25, -0.2) is 18.7 Å². The lowest BCUT2D eigenvalue weighted by atomic mass is 9.76. The van der Waals surface area contributed by atoms with Crippen LogP contribution in [0.3, 0.4) is 0 Å². The Morgan fingerprint density at radius 1 is 0.750 bits per heavy atom. The molecule has 2 aromatic carbocycles. The smallest absolute Gasteiger partial charge is 0.472 e. The number of anilines is 1. The number of benzene rings is 2. The van der Waals surface area contributed by atoms with Gasteiger partial charge >= 0.3 is 27.3 Å². The average molecular weight is 1110 g/mol. The molecule has 3 aromatic rings. The number of aromatic carboxylic acids is 1. The Morgan fingerprint density at radius 2 is 1.36 bits per heavy atom. The van der Waals surface area contributed by atoms with Crippen molar-refractivity contribution in [3.63, 3.8) is 0 Å². The first kappa shape index (κ1) is 59.9. The van der Waals surface area contributed by atoms with Crippen molar-refractivity contribution in [1.82, 2.24) is 14.9 Å². The van der Waals surface area contributed by atoms with Crippen molar-refractivity contribution in [2.45, 2.75) is 57.0 Å². The molecule has 0 spiro atoms. The van der Waals surface area contributed by atoms with Gasteiger partial charge in [0.1, 0.15) is 23.9 Å². The summed E-state index contributed by atoms with van der Waals surface area (Å²) < 4.78 is 78.0. The molecule has 0 bridgehead atoms. The summed E-state index contributed by atoms with van der Waals surface area (Å²) in [5, 5.41) is 33.4. The molecule has 1 saturated heterocycles. The van der Waals surface area contributed by atoms with Gasteiger partial charge in [0.25, 0.3) is 5.91 Å². The van der Waals surface area contributed by atoms with Gasteiger partial charge in [0, 0.05) is 24.7 Å². The number of hydrogen-bond acceptors (Lipinski definition) is 20. The molecule has 1 fully saturated rings. The number of nitrogens with two attached hydrogens (primary N) is 1. The number of nitrogens with zero attached hydrogens (tertiary/aromatic N) is 2. The maximum atomic E-state index is 13.2. The van der Waals surface area contributed by atoms with Gasteiger partial charge in [-0.3, -0.25) is 32.3 Å². The molecule has 0 radical (unpaired) electrons. The van der Waals surface area contributed by atoms with Crippen molar-refractivity contribution in [3.8, 4) is 5.75 Å². The van der Waals surface area contributed by atoms with Crippen LogP contribution >= 0.6 is 15.6 Å². The van der Waals surface area contributed by atoms with Crippen LogP contribution in [0.5, 0.6) is 5.75 Å². The maximum Gasteiger partial charge on any atom is 0.472 e. The summed E-state index contributed by atoms with van der Waals surface area (Å²) in [6.07, 6.45) is 5.82. The number of carboxylic acid groups (broad SMARTS) is 1. The van der Waals surface area contributed by atoms with Crippen molar-refractivity contribution in [2.24, 2.45) is 0 Å². The number of aliphatic hydroxyl groups is 1. The number of hydrogen-bond donors (Lipinski definition) is 7. The van der Waals surface area contributed by atoms with E-state index in [1.807, 2.05) is 0 Å². The Morgan fingerprint density at radius 3 is 1.99 bits per heavy atom. The third kappa shape index (κ3) is 19.0. The minimum atomic E-state index is -4.48. The standard InChI is InChI=1S/C49H64N4O21P2/c50-44-11-13-53(49(60)52-44)45-31-42(56)43(74-45)32-73-76(63,64)72-26-24-69-22-20-67-18-16-65-15-17-66-19-21-68-23-25-71-75(61,62)70-14-4-2-1-3-12-51-47(57)33-5-8-40(48(58)59)41(30-33)46-38-9-6-36(54)28-34(38)27-35-29-37(55)7-10-39(35)46/h5-11,13,28-30,42-43,45,54,56H,1-4,12,14-27,31-32H2,(H,51,57)(H,58,59)(H,61,62)(H,63,64)(H2,50,52,60)/t42?,43-,45-/m1/s1. The number of carbonyl (C=O) groups excluding carboxylic acids is 2. The third-order valence-electron chi connectivity index (χ3n) is 11.7. The van der Waals surface area contributed by atoms with E-state index < -0.39 is 58.3 Å². The summed E-state index contributed by atoms with van der Waals surface area (Å²) in [5.74, 6) is -1.72. The van der Waals surface area contributed by atoms with E-state index in [2.05, 4.69) is 10.3 Å². The lowest BCUT2D eigenvalue weighted by molar-refractivity contribution is -0.110. The van der Waals surface area contributed by atoms with Gasteiger partial charge in [0.05, 0.1) is 104 Å². The van der Waals surface area contributed by atoms with Crippen LogP contribution in [-0.2, 0) is 66.9 Å². The molecule has 2 heterocycles. The number of ether oxygens (including phenoxy) is 6. The Labute approximate surface area is 437 Å². The molecule has 0 saturated carbocycles. The molecule has 8 N–H and O–H groups in total. The topological polar surface area (TPSA) is 352 Å². The fourth-order valence-corrected chi connectivity index (χ4v) is 9.50. The number of unbranched alkanes of at least 4 members (excludes halogenated alkanes) is 3. The molecule has 3 aliphatic rings. The second kappa shape index (κ2) is 30.0. The molecule has 27 heteroatoms. The Balaban J connectivity index is 0.712. The second-order valence-corrected chi connectivity index (χ2v) is 20.1. The molecule has 1 amide bonds. The molecule has 5 atom stereocenters. The molecule has 1 aliphatic heterocycles. The molecule has 416 valence electrons. The molecule has 25 nitrogen and oxygen atoms in total. The number of carbonyl (C=O) groups is 3. The predicted octanol–water partition coefficient (Wildman–Crippen LogP) is 3.64. The van der Waals surface area contributed by atoms with Gasteiger partial charge in [-0.1, -0.05) is 25.0 Å². The highest BCUT2D eigenvalue weighted by molar-refractivity contribution is 7.47. The zero-order valence-corrected chi connectivity index (χ0v) is 43.4. The second-order valence-electron chi connectivity index (χ2n) is 17.2. The number of phenols is 1. The molecule has 2 aliphatic carbocycles. The van der Waals surface area contributed by atoms with E-state index in [0.29, 0.717) is 91.9 Å². The van der Waals surface area contributed by atoms with E-state index in [1.54, 1.807) is 18.2 Å². The fourth-order valence-electron chi connectivity index (χ4n) is 8.04. The number of nitrogens with one attached hydrogen (secondary N) is 1. The van der Waals surface area contributed by atoms with Crippen LogP contribution in [0.15, 0.2) is 82.8 Å². The van der Waals surface area contributed by atoms with Crippen molar-refractivity contribution < 1.29 is 95.1 Å². The van der Waals surface area contributed by atoms with E-state index in [-0.39, 0.29) is 101 Å². The van der Waals surface area contributed by atoms with Gasteiger partial charge < -0.3 is 64.6 Å². The van der Waals surface area contributed by atoms with E-state index in [4.69, 9.17) is 52.2 Å². The number of rotatable bonds is 35. The maximum absolute atomic E-state index is 13.2. The highest BCUT2D eigenvalue weighted by atomic mass is 31.2.